The van der Waals surface area contributed by atoms with Crippen molar-refractivity contribution < 1.29 is 9.53 Å². The lowest BCUT2D eigenvalue weighted by Crippen LogP contribution is -2.31. The third-order valence-electron chi connectivity index (χ3n) is 4.64. The molecule has 29 heavy (non-hydrogen) atoms. The molecule has 1 heterocycles. The van der Waals surface area contributed by atoms with Gasteiger partial charge in [0.1, 0.15) is 5.75 Å². The van der Waals surface area contributed by atoms with Crippen LogP contribution in [-0.2, 0) is 11.2 Å². The minimum absolute atomic E-state index is 0.0106. The molecule has 1 N–H and O–H groups in total. The lowest BCUT2D eigenvalue weighted by atomic mass is 10.1. The second kappa shape index (κ2) is 10.2. The van der Waals surface area contributed by atoms with E-state index in [2.05, 4.69) is 22.4 Å². The summed E-state index contributed by atoms with van der Waals surface area (Å²) in [4.78, 5) is 19.0. The van der Waals surface area contributed by atoms with Crippen molar-refractivity contribution in [3.63, 3.8) is 0 Å². The Morgan fingerprint density at radius 3 is 2.69 bits per heavy atom. The molecule has 152 valence electrons. The summed E-state index contributed by atoms with van der Waals surface area (Å²) in [7, 11) is 3.65. The van der Waals surface area contributed by atoms with E-state index in [0.717, 1.165) is 47.1 Å². The summed E-state index contributed by atoms with van der Waals surface area (Å²) in [6.45, 7) is 3.21. The predicted octanol–water partition coefficient (Wildman–Crippen LogP) is 4.63. The minimum atomic E-state index is -0.0106. The highest BCUT2D eigenvalue weighted by molar-refractivity contribution is 7.09. The number of carbonyl (C=O) groups is 1. The highest BCUT2D eigenvalue weighted by Crippen LogP contribution is 2.24. The number of thiazole rings is 1. The van der Waals surface area contributed by atoms with Gasteiger partial charge in [-0.05, 0) is 63.2 Å². The van der Waals surface area contributed by atoms with Crippen LogP contribution < -0.4 is 10.1 Å². The molecule has 3 aromatic rings. The SMILES string of the molecule is COc1ccc(CCCN(C)CC(=O)Nc2cccc(-c3csc(C)n3)c2)cc1. The Balaban J connectivity index is 1.45. The Kier molecular flexibility index (Phi) is 7.38. The van der Waals surface area contributed by atoms with Crippen LogP contribution in [0.5, 0.6) is 5.75 Å². The number of carbonyl (C=O) groups excluding carboxylic acids is 1. The number of aromatic nitrogens is 1. The monoisotopic (exact) mass is 409 g/mol. The number of amides is 1. The molecule has 0 radical (unpaired) electrons. The van der Waals surface area contributed by atoms with Crippen LogP contribution in [0.2, 0.25) is 0 Å². The molecule has 2 aromatic carbocycles. The van der Waals surface area contributed by atoms with Gasteiger partial charge < -0.3 is 10.1 Å². The zero-order chi connectivity index (χ0) is 20.6. The van der Waals surface area contributed by atoms with E-state index in [-0.39, 0.29) is 5.91 Å². The lowest BCUT2D eigenvalue weighted by Gasteiger charge is -2.16. The van der Waals surface area contributed by atoms with Gasteiger partial charge in [-0.2, -0.15) is 0 Å². The van der Waals surface area contributed by atoms with Gasteiger partial charge in [0, 0.05) is 16.6 Å². The Hall–Kier alpha value is -2.70. The molecule has 5 nitrogen and oxygen atoms in total. The summed E-state index contributed by atoms with van der Waals surface area (Å²) in [6, 6.07) is 16.0. The maximum atomic E-state index is 12.4. The number of ether oxygens (including phenoxy) is 1. The fourth-order valence-corrected chi connectivity index (χ4v) is 3.74. The second-order valence-corrected chi connectivity index (χ2v) is 8.13. The Bertz CT molecular complexity index is 937. The Labute approximate surface area is 176 Å². The van der Waals surface area contributed by atoms with Gasteiger partial charge in [-0.3, -0.25) is 9.69 Å². The summed E-state index contributed by atoms with van der Waals surface area (Å²) in [5.74, 6) is 0.861. The molecule has 1 aromatic heterocycles. The van der Waals surface area contributed by atoms with Crippen molar-refractivity contribution in [2.24, 2.45) is 0 Å². The third kappa shape index (κ3) is 6.41. The number of aryl methyl sites for hydroxylation is 2. The van der Waals surface area contributed by atoms with Gasteiger partial charge in [0.05, 0.1) is 24.4 Å². The number of likely N-dealkylation sites (N-methyl/N-ethyl adjacent to an activating group) is 1. The summed E-state index contributed by atoms with van der Waals surface area (Å²) in [5.41, 5.74) is 4.03. The quantitative estimate of drug-likeness (QED) is 0.560. The maximum absolute atomic E-state index is 12.4. The lowest BCUT2D eigenvalue weighted by molar-refractivity contribution is -0.117. The Morgan fingerprint density at radius 1 is 1.21 bits per heavy atom. The van der Waals surface area contributed by atoms with E-state index in [9.17, 15) is 4.79 Å². The minimum Gasteiger partial charge on any atom is -0.497 e. The van der Waals surface area contributed by atoms with Crippen LogP contribution in [0, 0.1) is 6.92 Å². The summed E-state index contributed by atoms with van der Waals surface area (Å²) in [6.07, 6.45) is 1.97. The number of nitrogens with one attached hydrogen (secondary N) is 1. The highest BCUT2D eigenvalue weighted by atomic mass is 32.1. The number of rotatable bonds is 9. The molecule has 0 aliphatic heterocycles. The topological polar surface area (TPSA) is 54.5 Å². The molecule has 0 aliphatic carbocycles. The molecule has 3 rings (SSSR count). The van der Waals surface area contributed by atoms with E-state index >= 15 is 0 Å². The molecule has 0 aliphatic rings. The van der Waals surface area contributed by atoms with Gasteiger partial charge in [-0.15, -0.1) is 11.3 Å². The fourth-order valence-electron chi connectivity index (χ4n) is 3.12. The van der Waals surface area contributed by atoms with Crippen molar-refractivity contribution in [2.75, 3.05) is 32.6 Å². The largest absolute Gasteiger partial charge is 0.497 e. The average Bonchev–Trinajstić information content (AvgIpc) is 3.15. The van der Waals surface area contributed by atoms with Crippen molar-refractivity contribution in [3.05, 3.63) is 64.5 Å². The first-order chi connectivity index (χ1) is 14.0. The normalized spacial score (nSPS) is 10.9. The van der Waals surface area contributed by atoms with E-state index in [0.29, 0.717) is 6.54 Å². The number of methoxy groups -OCH3 is 1. The summed E-state index contributed by atoms with van der Waals surface area (Å²) < 4.78 is 5.18. The number of benzene rings is 2. The van der Waals surface area contributed by atoms with Gasteiger partial charge in [0.25, 0.3) is 0 Å². The Morgan fingerprint density at radius 2 is 2.00 bits per heavy atom. The van der Waals surface area contributed by atoms with Gasteiger partial charge in [-0.1, -0.05) is 24.3 Å². The van der Waals surface area contributed by atoms with Crippen LogP contribution >= 0.6 is 11.3 Å². The van der Waals surface area contributed by atoms with Gasteiger partial charge >= 0.3 is 0 Å². The fraction of sp³-hybridized carbons (Fsp3) is 0.304. The van der Waals surface area contributed by atoms with Gasteiger partial charge in [-0.25, -0.2) is 4.98 Å². The van der Waals surface area contributed by atoms with E-state index in [1.165, 1.54) is 5.56 Å². The first kappa shape index (κ1) is 21.0. The molecular weight excluding hydrogens is 382 g/mol. The molecule has 6 heteroatoms. The standard InChI is InChI=1S/C23H27N3O2S/c1-17-24-22(16-29-17)19-7-4-8-20(14-19)25-23(27)15-26(2)13-5-6-18-9-11-21(28-3)12-10-18/h4,7-12,14,16H,5-6,13,15H2,1-3H3,(H,25,27). The van der Waals surface area contributed by atoms with E-state index in [4.69, 9.17) is 4.74 Å². The van der Waals surface area contributed by atoms with Crippen molar-refractivity contribution in [2.45, 2.75) is 19.8 Å². The number of anilines is 1. The summed E-state index contributed by atoms with van der Waals surface area (Å²) in [5, 5.41) is 6.06. The van der Waals surface area contributed by atoms with Crippen LogP contribution in [0.25, 0.3) is 11.3 Å². The molecule has 0 atom stereocenters. The number of hydrogen-bond acceptors (Lipinski definition) is 5. The number of nitrogens with zero attached hydrogens (tertiary/aromatic N) is 2. The second-order valence-electron chi connectivity index (χ2n) is 7.07. The average molecular weight is 410 g/mol. The van der Waals surface area contributed by atoms with Crippen molar-refractivity contribution in [1.29, 1.82) is 0 Å². The predicted molar refractivity (Wildman–Crippen MR) is 120 cm³/mol. The molecule has 0 unspecified atom stereocenters. The molecule has 0 saturated carbocycles. The molecule has 0 bridgehead atoms. The molecule has 0 saturated heterocycles. The first-order valence-electron chi connectivity index (χ1n) is 9.67. The highest BCUT2D eigenvalue weighted by Gasteiger charge is 2.09. The van der Waals surface area contributed by atoms with Crippen LogP contribution in [0.1, 0.15) is 17.0 Å². The van der Waals surface area contributed by atoms with Crippen LogP contribution in [0.4, 0.5) is 5.69 Å². The van der Waals surface area contributed by atoms with Crippen LogP contribution in [-0.4, -0.2) is 43.0 Å². The summed E-state index contributed by atoms with van der Waals surface area (Å²) >= 11 is 1.62. The van der Waals surface area contributed by atoms with Crippen LogP contribution in [0.3, 0.4) is 0 Å². The van der Waals surface area contributed by atoms with Crippen molar-refractivity contribution in [1.82, 2.24) is 9.88 Å². The smallest absolute Gasteiger partial charge is 0.238 e. The number of hydrogen-bond donors (Lipinski definition) is 1. The zero-order valence-corrected chi connectivity index (χ0v) is 18.0. The molecular formula is C23H27N3O2S. The maximum Gasteiger partial charge on any atom is 0.238 e. The van der Waals surface area contributed by atoms with E-state index in [1.807, 2.05) is 60.6 Å². The third-order valence-corrected chi connectivity index (χ3v) is 5.41. The van der Waals surface area contributed by atoms with Gasteiger partial charge in [0.15, 0.2) is 0 Å². The van der Waals surface area contributed by atoms with E-state index < -0.39 is 0 Å². The van der Waals surface area contributed by atoms with Crippen molar-refractivity contribution in [3.8, 4) is 17.0 Å². The van der Waals surface area contributed by atoms with E-state index in [1.54, 1.807) is 18.4 Å². The zero-order valence-electron chi connectivity index (χ0n) is 17.1. The molecule has 0 spiro atoms. The van der Waals surface area contributed by atoms with Crippen LogP contribution in [0.15, 0.2) is 53.9 Å². The molecule has 1 amide bonds. The van der Waals surface area contributed by atoms with Gasteiger partial charge in [0.2, 0.25) is 5.91 Å². The molecule has 0 fully saturated rings. The first-order valence-corrected chi connectivity index (χ1v) is 10.6. The van der Waals surface area contributed by atoms with Crippen molar-refractivity contribution >= 4 is 22.9 Å².